The van der Waals surface area contributed by atoms with Gasteiger partial charge in [-0.2, -0.15) is 0 Å². The van der Waals surface area contributed by atoms with Gasteiger partial charge in [-0.25, -0.2) is 27.2 Å². The second-order valence-electron chi connectivity index (χ2n) is 20.9. The predicted molar refractivity (Wildman–Crippen MR) is 225 cm³/mol. The van der Waals surface area contributed by atoms with Crippen molar-refractivity contribution in [2.75, 3.05) is 13.7 Å². The van der Waals surface area contributed by atoms with E-state index in [-0.39, 0.29) is 37.3 Å². The summed E-state index contributed by atoms with van der Waals surface area (Å²) in [5.74, 6) is -3.82. The number of hydrogen-bond acceptors (Lipinski definition) is 11. The Bertz CT molecular complexity index is 2230. The van der Waals surface area contributed by atoms with E-state index in [0.29, 0.717) is 53.6 Å². The molecule has 0 spiro atoms. The highest BCUT2D eigenvalue weighted by Gasteiger charge is 2.67. The van der Waals surface area contributed by atoms with Crippen LogP contribution in [0, 0.1) is 46.3 Å². The van der Waals surface area contributed by atoms with Crippen molar-refractivity contribution in [1.82, 2.24) is 19.6 Å². The number of benzene rings is 1. The summed E-state index contributed by atoms with van der Waals surface area (Å²) in [5, 5.41) is -0.785. The number of halogens is 2. The predicted octanol–water partition coefficient (Wildman–Crippen LogP) is 6.93. The summed E-state index contributed by atoms with van der Waals surface area (Å²) in [6, 6.07) is 4.17. The van der Waals surface area contributed by atoms with E-state index in [1.165, 1.54) is 4.90 Å². The maximum atomic E-state index is 15.2. The fraction of sp³-hybridized carbons (Fsp3) is 0.739. The van der Waals surface area contributed by atoms with Gasteiger partial charge in [0.15, 0.2) is 5.78 Å². The Balaban J connectivity index is 1.20. The van der Waals surface area contributed by atoms with E-state index in [0.717, 1.165) is 38.5 Å². The van der Waals surface area contributed by atoms with Crippen molar-refractivity contribution in [2.45, 2.75) is 154 Å². The largest absolute Gasteiger partial charge is 0.497 e. The van der Waals surface area contributed by atoms with E-state index in [2.05, 4.69) is 13.8 Å². The monoisotopic (exact) mass is 884 g/mol. The Morgan fingerprint density at radius 3 is 2.40 bits per heavy atom. The number of nitrogens with zero attached hydrogens (tertiary/aromatic N) is 3. The van der Waals surface area contributed by atoms with Crippen molar-refractivity contribution < 1.29 is 50.6 Å². The van der Waals surface area contributed by atoms with Crippen molar-refractivity contribution in [2.24, 2.45) is 46.3 Å². The zero-order valence-corrected chi connectivity index (χ0v) is 37.8. The van der Waals surface area contributed by atoms with Gasteiger partial charge in [-0.1, -0.05) is 54.4 Å². The molecular weight excluding hydrogens is 823 g/mol. The molecule has 3 heterocycles. The third kappa shape index (κ3) is 8.54. The van der Waals surface area contributed by atoms with Gasteiger partial charge in [-0.15, -0.1) is 0 Å². The fourth-order valence-electron chi connectivity index (χ4n) is 11.0. The van der Waals surface area contributed by atoms with Gasteiger partial charge in [0.05, 0.1) is 53.7 Å². The van der Waals surface area contributed by atoms with Crippen LogP contribution in [0.4, 0.5) is 8.78 Å². The topological polar surface area (TPSA) is 171 Å². The first-order valence-electron chi connectivity index (χ1n) is 22.6. The van der Waals surface area contributed by atoms with E-state index >= 15 is 4.79 Å². The van der Waals surface area contributed by atoms with Gasteiger partial charge in [-0.05, 0) is 86.7 Å². The van der Waals surface area contributed by atoms with Gasteiger partial charge in [0.1, 0.15) is 23.7 Å². The molecule has 4 saturated carbocycles. The fourth-order valence-corrected chi connectivity index (χ4v) is 12.4. The molecule has 10 atom stereocenters. The molecule has 2 amide bonds. The molecule has 16 heteroatoms. The van der Waals surface area contributed by atoms with E-state index in [9.17, 15) is 31.6 Å². The summed E-state index contributed by atoms with van der Waals surface area (Å²) < 4.78 is 75.4. The number of amides is 2. The van der Waals surface area contributed by atoms with Crippen LogP contribution >= 0.6 is 0 Å². The number of alkyl halides is 2. The van der Waals surface area contributed by atoms with Crippen LogP contribution in [0.2, 0.25) is 0 Å². The number of carbonyl (C=O) groups is 4. The maximum absolute atomic E-state index is 15.2. The number of methoxy groups -OCH3 is 1. The number of esters is 1. The third-order valence-electron chi connectivity index (χ3n) is 15.1. The number of sulfonamides is 1. The molecule has 8 rings (SSSR count). The van der Waals surface area contributed by atoms with Gasteiger partial charge < -0.3 is 19.1 Å². The Kier molecular flexibility index (Phi) is 11.7. The Morgan fingerprint density at radius 2 is 1.76 bits per heavy atom. The molecule has 340 valence electrons. The average Bonchev–Trinajstić information content (AvgIpc) is 4.13. The number of ketones is 1. The minimum atomic E-state index is -4.11. The lowest BCUT2D eigenvalue weighted by atomic mass is 9.77. The first-order chi connectivity index (χ1) is 29.2. The van der Waals surface area contributed by atoms with Crippen LogP contribution in [0.5, 0.6) is 11.6 Å². The van der Waals surface area contributed by atoms with Crippen molar-refractivity contribution in [1.29, 1.82) is 0 Å². The number of hydrogen-bond donors (Lipinski definition) is 1. The van der Waals surface area contributed by atoms with E-state index in [1.807, 2.05) is 44.5 Å². The van der Waals surface area contributed by atoms with Gasteiger partial charge in [-0.3, -0.25) is 23.9 Å². The molecule has 5 fully saturated rings. The minimum absolute atomic E-state index is 0.103. The van der Waals surface area contributed by atoms with Gasteiger partial charge in [0.2, 0.25) is 34.1 Å². The highest BCUT2D eigenvalue weighted by Crippen LogP contribution is 2.60. The maximum Gasteiger partial charge on any atom is 0.306 e. The number of rotatable bonds is 9. The molecule has 2 aromatic rings. The summed E-state index contributed by atoms with van der Waals surface area (Å²) in [4.78, 5) is 69.4. The molecule has 4 aliphatic carbocycles. The van der Waals surface area contributed by atoms with Gasteiger partial charge in [0.25, 0.3) is 0 Å². The van der Waals surface area contributed by atoms with Gasteiger partial charge in [0, 0.05) is 29.7 Å². The lowest BCUT2D eigenvalue weighted by Gasteiger charge is -2.36. The van der Waals surface area contributed by atoms with Gasteiger partial charge >= 0.3 is 5.97 Å². The number of aromatic nitrogens is 2. The Labute approximate surface area is 363 Å². The van der Waals surface area contributed by atoms with Crippen molar-refractivity contribution in [3.8, 4) is 11.6 Å². The number of Topliss-reactive ketones (excluding diaryl/α,β-unsaturated/α-hetero) is 1. The molecule has 0 radical (unpaired) electrons. The van der Waals surface area contributed by atoms with Crippen LogP contribution in [0.1, 0.15) is 124 Å². The second kappa shape index (κ2) is 16.2. The molecular formula is C46H62F2N4O9S. The zero-order chi connectivity index (χ0) is 44.7. The molecule has 6 aliphatic rings. The molecule has 2 aliphatic heterocycles. The van der Waals surface area contributed by atoms with Crippen LogP contribution in [-0.4, -0.2) is 90.4 Å². The standard InChI is InChI=1S/C46H62F2N4O9S/c1-8-27-36-23-52(38(27)34(53)22-46(21-31(46)40(47)48)43(56)51-62(57,58)26-13-14-26)42(55)30(44(2,3)4)20-37(54)60-35-18-24-17-29(24)28(35)11-9-10-16-45(5,6)39-41(61-36)50-33-19-25(59-7)12-15-32(33)49-39/h12,15,19,24,26-31,35-36,38,40H,8-11,13-14,16-18,20-23H2,1-7H3,(H,51,56)/t24-,27+,28+,29-,30+,31-,35+,36-,38-,46+/m0/s1. The Hall–Kier alpha value is -3.95. The van der Waals surface area contributed by atoms with E-state index < -0.39 is 97.8 Å². The summed E-state index contributed by atoms with van der Waals surface area (Å²) in [6.07, 6.45) is 1.05. The first kappa shape index (κ1) is 44.6. The summed E-state index contributed by atoms with van der Waals surface area (Å²) in [7, 11) is -2.55. The number of carbonyl (C=O) groups excluding carboxylic acids is 4. The quantitative estimate of drug-likeness (QED) is 0.259. The molecule has 1 N–H and O–H groups in total. The number of ether oxygens (including phenoxy) is 3. The van der Waals surface area contributed by atoms with Crippen LogP contribution < -0.4 is 14.2 Å². The normalized spacial score (nSPS) is 33.6. The summed E-state index contributed by atoms with van der Waals surface area (Å²) >= 11 is 0. The molecule has 62 heavy (non-hydrogen) atoms. The average molecular weight is 885 g/mol. The second-order valence-corrected chi connectivity index (χ2v) is 22.8. The van der Waals surface area contributed by atoms with Crippen LogP contribution in [-0.2, 0) is 39.4 Å². The summed E-state index contributed by atoms with van der Waals surface area (Å²) in [6.45, 7) is 11.5. The van der Waals surface area contributed by atoms with E-state index in [1.54, 1.807) is 13.2 Å². The minimum Gasteiger partial charge on any atom is -0.497 e. The lowest BCUT2D eigenvalue weighted by Crippen LogP contribution is -2.50. The summed E-state index contributed by atoms with van der Waals surface area (Å²) in [5.41, 5.74) is -1.52. The number of fused-ring (bicyclic) bond motifs is 7. The lowest BCUT2D eigenvalue weighted by molar-refractivity contribution is -0.158. The smallest absolute Gasteiger partial charge is 0.306 e. The third-order valence-corrected chi connectivity index (χ3v) is 16.9. The highest BCUT2D eigenvalue weighted by atomic mass is 32.2. The first-order valence-corrected chi connectivity index (χ1v) is 24.1. The Morgan fingerprint density at radius 1 is 1.02 bits per heavy atom. The highest BCUT2D eigenvalue weighted by molar-refractivity contribution is 7.90. The molecule has 1 saturated heterocycles. The molecule has 1 aromatic heterocycles. The van der Waals surface area contributed by atoms with Crippen LogP contribution in [0.3, 0.4) is 0 Å². The van der Waals surface area contributed by atoms with Crippen LogP contribution in [0.15, 0.2) is 18.2 Å². The number of nitrogens with one attached hydrogen (secondary N) is 1. The SMILES string of the molecule is CC[C@@H]1[C@@H]2CN(C(=O)[C@H](C(C)(C)C)CC(=O)O[C@@H]3C[C@@H]4C[C@@H]4[C@H]3CCCCC(C)(C)c3nc4ccc(OC)cc4nc3O2)[C@@H]1C(=O)C[C@]1(C(=O)NS(=O)(=O)C2CC2)C[C@H]1C(F)F. The van der Waals surface area contributed by atoms with Crippen molar-refractivity contribution in [3.05, 3.63) is 23.9 Å². The van der Waals surface area contributed by atoms with Crippen molar-refractivity contribution >= 4 is 44.6 Å². The molecule has 0 unspecified atom stereocenters. The van der Waals surface area contributed by atoms with Crippen LogP contribution in [0.25, 0.3) is 11.0 Å². The van der Waals surface area contributed by atoms with Crippen molar-refractivity contribution in [3.63, 3.8) is 0 Å². The molecule has 2 bridgehead atoms. The van der Waals surface area contributed by atoms with E-state index in [4.69, 9.17) is 24.2 Å². The molecule has 1 aromatic carbocycles. The molecule has 13 nitrogen and oxygen atoms in total. The zero-order valence-electron chi connectivity index (χ0n) is 37.0.